The maximum atomic E-state index is 12.8. The minimum absolute atomic E-state index is 0.147. The van der Waals surface area contributed by atoms with Crippen LogP contribution in [0.2, 0.25) is 0 Å². The number of nitrogens with two attached hydrogens (primary N) is 1. The first-order chi connectivity index (χ1) is 13.4. The monoisotopic (exact) mass is 400 g/mol. The number of hydrogen-bond donors (Lipinski definition) is 2. The highest BCUT2D eigenvalue weighted by molar-refractivity contribution is 7.91. The van der Waals surface area contributed by atoms with Gasteiger partial charge in [0.1, 0.15) is 0 Å². The highest BCUT2D eigenvalue weighted by atomic mass is 32.2. The van der Waals surface area contributed by atoms with Crippen LogP contribution in [0.25, 0.3) is 0 Å². The maximum Gasteiger partial charge on any atom is 0.354 e. The lowest BCUT2D eigenvalue weighted by atomic mass is 10.0. The first kappa shape index (κ1) is 17.8. The molecule has 1 fully saturated rings. The highest BCUT2D eigenvalue weighted by Crippen LogP contribution is 2.41. The number of nitrogens with one attached hydrogen (secondary N) is 1. The van der Waals surface area contributed by atoms with Crippen molar-refractivity contribution in [1.29, 1.82) is 0 Å². The lowest BCUT2D eigenvalue weighted by Gasteiger charge is -2.15. The van der Waals surface area contributed by atoms with E-state index < -0.39 is 15.9 Å². The van der Waals surface area contributed by atoms with Crippen molar-refractivity contribution in [3.8, 4) is 0 Å². The Bertz CT molecular complexity index is 1090. The summed E-state index contributed by atoms with van der Waals surface area (Å²) in [5, 5.41) is 13.2. The summed E-state index contributed by atoms with van der Waals surface area (Å²) in [6.45, 7) is 2.17. The standard InChI is InChI=1S/C19H24N6O2S/c1-11-5-8-14-17(11)21-15-4-2-3-13(15)18(14)22-19(26)24-28(20,27)16-9-10-25(23-16)12-6-7-12/h9-12H,2-8H2,1H3,(H3,20,21,22,24,26,27)/t11-,28?/m1/s1. The summed E-state index contributed by atoms with van der Waals surface area (Å²) in [6, 6.07) is 1.25. The third-order valence-corrected chi connectivity index (χ3v) is 7.16. The zero-order chi connectivity index (χ0) is 19.5. The zero-order valence-corrected chi connectivity index (χ0v) is 16.7. The van der Waals surface area contributed by atoms with Gasteiger partial charge in [-0.05, 0) is 68.1 Å². The molecule has 148 valence electrons. The topological polar surface area (TPSA) is 115 Å². The van der Waals surface area contributed by atoms with Gasteiger partial charge in [0.25, 0.3) is 0 Å². The molecule has 3 N–H and O–H groups in total. The van der Waals surface area contributed by atoms with E-state index >= 15 is 0 Å². The predicted molar refractivity (Wildman–Crippen MR) is 106 cm³/mol. The second-order valence-electron chi connectivity index (χ2n) is 8.02. The summed E-state index contributed by atoms with van der Waals surface area (Å²) in [4.78, 5) is 17.5. The van der Waals surface area contributed by atoms with Gasteiger partial charge in [0, 0.05) is 17.6 Å². The Morgan fingerprint density at radius 2 is 2.11 bits per heavy atom. The molecule has 0 saturated heterocycles. The van der Waals surface area contributed by atoms with Gasteiger partial charge in [-0.1, -0.05) is 6.92 Å². The molecule has 0 radical (unpaired) electrons. The molecule has 1 unspecified atom stereocenters. The summed E-state index contributed by atoms with van der Waals surface area (Å²) < 4.78 is 18.4. The number of carbonyl (C=O) groups is 1. The average Bonchev–Trinajstić information content (AvgIpc) is 3.06. The Hall–Kier alpha value is -2.26. The molecule has 2 aromatic heterocycles. The van der Waals surface area contributed by atoms with E-state index in [-0.39, 0.29) is 5.03 Å². The smallest absolute Gasteiger partial charge is 0.305 e. The highest BCUT2D eigenvalue weighted by Gasteiger charge is 2.30. The van der Waals surface area contributed by atoms with Crippen molar-refractivity contribution in [2.45, 2.75) is 68.9 Å². The van der Waals surface area contributed by atoms with Crippen LogP contribution in [0.15, 0.2) is 21.7 Å². The summed E-state index contributed by atoms with van der Waals surface area (Å²) in [6.07, 6.45) is 8.63. The van der Waals surface area contributed by atoms with Crippen LogP contribution in [0.4, 0.5) is 10.5 Å². The number of nitrogens with zero attached hydrogens (tertiary/aromatic N) is 4. The first-order valence-corrected chi connectivity index (χ1v) is 11.5. The van der Waals surface area contributed by atoms with Crippen LogP contribution in [0, 0.1) is 0 Å². The van der Waals surface area contributed by atoms with Crippen molar-refractivity contribution >= 4 is 21.6 Å². The van der Waals surface area contributed by atoms with Gasteiger partial charge in [-0.3, -0.25) is 9.67 Å². The van der Waals surface area contributed by atoms with Crippen LogP contribution >= 0.6 is 0 Å². The Balaban J connectivity index is 1.46. The molecule has 2 heterocycles. The van der Waals surface area contributed by atoms with Crippen LogP contribution in [-0.4, -0.2) is 25.0 Å². The zero-order valence-electron chi connectivity index (χ0n) is 15.9. The second-order valence-corrected chi connectivity index (χ2v) is 9.76. The number of aromatic nitrogens is 3. The molecule has 3 aliphatic carbocycles. The Morgan fingerprint density at radius 3 is 2.89 bits per heavy atom. The third kappa shape index (κ3) is 3.02. The van der Waals surface area contributed by atoms with E-state index in [2.05, 4.69) is 21.7 Å². The van der Waals surface area contributed by atoms with Crippen LogP contribution in [0.1, 0.15) is 67.1 Å². The molecule has 0 bridgehead atoms. The fourth-order valence-corrected chi connectivity index (χ4v) is 5.12. The van der Waals surface area contributed by atoms with E-state index in [0.29, 0.717) is 12.0 Å². The predicted octanol–water partition coefficient (Wildman–Crippen LogP) is 3.08. The lowest BCUT2D eigenvalue weighted by molar-refractivity contribution is 0.260. The molecule has 2 aromatic rings. The minimum atomic E-state index is -3.39. The quantitative estimate of drug-likeness (QED) is 0.823. The number of urea groups is 1. The molecule has 0 spiro atoms. The molecule has 1 saturated carbocycles. The number of carbonyl (C=O) groups excluding carboxylic acids is 1. The van der Waals surface area contributed by atoms with Gasteiger partial charge < -0.3 is 5.32 Å². The maximum absolute atomic E-state index is 12.8. The van der Waals surface area contributed by atoms with Gasteiger partial charge in [0.05, 0.1) is 11.7 Å². The first-order valence-electron chi connectivity index (χ1n) is 9.88. The molecule has 9 heteroatoms. The number of hydrogen-bond acceptors (Lipinski definition) is 4. The molecular formula is C19H24N6O2S. The van der Waals surface area contributed by atoms with Gasteiger partial charge >= 0.3 is 6.03 Å². The van der Waals surface area contributed by atoms with Crippen molar-refractivity contribution in [2.75, 3.05) is 5.32 Å². The molecule has 8 nitrogen and oxygen atoms in total. The number of rotatable bonds is 3. The molecule has 3 aliphatic rings. The van der Waals surface area contributed by atoms with E-state index in [0.717, 1.165) is 73.1 Å². The van der Waals surface area contributed by atoms with Crippen molar-refractivity contribution in [1.82, 2.24) is 14.8 Å². The van der Waals surface area contributed by atoms with Crippen LogP contribution in [0.3, 0.4) is 0 Å². The largest absolute Gasteiger partial charge is 0.354 e. The average molecular weight is 401 g/mol. The molecular weight excluding hydrogens is 376 g/mol. The van der Waals surface area contributed by atoms with Crippen LogP contribution < -0.4 is 10.5 Å². The Labute approximate surface area is 164 Å². The van der Waals surface area contributed by atoms with Crippen molar-refractivity contribution in [2.24, 2.45) is 9.50 Å². The summed E-state index contributed by atoms with van der Waals surface area (Å²) in [5.74, 6) is 0.388. The minimum Gasteiger partial charge on any atom is -0.305 e. The number of aryl methyl sites for hydroxylation is 1. The summed E-state index contributed by atoms with van der Waals surface area (Å²) >= 11 is 0. The summed E-state index contributed by atoms with van der Waals surface area (Å²) in [7, 11) is -3.39. The van der Waals surface area contributed by atoms with Crippen molar-refractivity contribution in [3.63, 3.8) is 0 Å². The van der Waals surface area contributed by atoms with Crippen molar-refractivity contribution in [3.05, 3.63) is 34.8 Å². The molecule has 0 aromatic carbocycles. The number of pyridine rings is 1. The Morgan fingerprint density at radius 1 is 1.29 bits per heavy atom. The Kier molecular flexibility index (Phi) is 4.06. The van der Waals surface area contributed by atoms with Gasteiger partial charge in [-0.25, -0.2) is 14.1 Å². The van der Waals surface area contributed by atoms with Crippen LogP contribution in [0.5, 0.6) is 0 Å². The van der Waals surface area contributed by atoms with E-state index in [1.165, 1.54) is 0 Å². The molecule has 28 heavy (non-hydrogen) atoms. The molecule has 5 rings (SSSR count). The second kappa shape index (κ2) is 6.38. The van der Waals surface area contributed by atoms with E-state index in [9.17, 15) is 9.00 Å². The van der Waals surface area contributed by atoms with E-state index in [1.54, 1.807) is 16.9 Å². The molecule has 2 atom stereocenters. The van der Waals surface area contributed by atoms with Gasteiger partial charge in [-0.2, -0.15) is 5.10 Å². The van der Waals surface area contributed by atoms with Crippen LogP contribution in [-0.2, 0) is 29.2 Å². The SMILES string of the molecule is C[C@@H]1CCc2c1nc1c(c2NC(=O)N=S(N)(=O)c2ccn(C3CC3)n2)CCC1. The number of fused-ring (bicyclic) bond motifs is 2. The number of anilines is 1. The van der Waals surface area contributed by atoms with E-state index in [1.807, 2.05) is 0 Å². The summed E-state index contributed by atoms with van der Waals surface area (Å²) in [5.41, 5.74) is 5.15. The number of amides is 2. The molecule has 2 amide bonds. The fourth-order valence-electron chi connectivity index (χ4n) is 4.27. The van der Waals surface area contributed by atoms with Gasteiger partial charge in [0.2, 0.25) is 0 Å². The fraction of sp³-hybridized carbons (Fsp3) is 0.526. The van der Waals surface area contributed by atoms with Gasteiger partial charge in [-0.15, -0.1) is 4.36 Å². The molecule has 0 aliphatic heterocycles. The van der Waals surface area contributed by atoms with E-state index in [4.69, 9.17) is 10.1 Å². The van der Waals surface area contributed by atoms with Gasteiger partial charge in [0.15, 0.2) is 14.9 Å². The third-order valence-electron chi connectivity index (χ3n) is 5.91. The lowest BCUT2D eigenvalue weighted by Crippen LogP contribution is -2.19. The normalized spacial score (nSPS) is 22.4. The van der Waals surface area contributed by atoms with Crippen molar-refractivity contribution < 1.29 is 9.00 Å².